The molecule has 1 rings (SSSR count). The number of piperidine rings is 1. The third-order valence-electron chi connectivity index (χ3n) is 2.94. The van der Waals surface area contributed by atoms with Gasteiger partial charge in [-0.3, -0.25) is 4.90 Å². The number of rotatable bonds is 3. The summed E-state index contributed by atoms with van der Waals surface area (Å²) in [6, 6.07) is 1.07. The molecule has 78 valence electrons. The summed E-state index contributed by atoms with van der Waals surface area (Å²) in [5.41, 5.74) is 5.71. The van der Waals surface area contributed by atoms with Crippen LogP contribution >= 0.6 is 0 Å². The van der Waals surface area contributed by atoms with Gasteiger partial charge in [-0.25, -0.2) is 0 Å². The highest BCUT2D eigenvalue weighted by Gasteiger charge is 2.27. The Morgan fingerprint density at radius 1 is 1.54 bits per heavy atom. The van der Waals surface area contributed by atoms with Crippen LogP contribution in [0, 0.1) is 0 Å². The Hall–Kier alpha value is -0.120. The molecule has 3 heteroatoms. The minimum atomic E-state index is -0.241. The summed E-state index contributed by atoms with van der Waals surface area (Å²) in [7, 11) is 0. The van der Waals surface area contributed by atoms with Gasteiger partial charge in [0.05, 0.1) is 6.10 Å². The monoisotopic (exact) mass is 186 g/mol. The number of nitrogens with zero attached hydrogens (tertiary/aromatic N) is 1. The van der Waals surface area contributed by atoms with Gasteiger partial charge in [-0.1, -0.05) is 6.42 Å². The van der Waals surface area contributed by atoms with E-state index in [0.717, 1.165) is 13.1 Å². The fourth-order valence-electron chi connectivity index (χ4n) is 2.23. The van der Waals surface area contributed by atoms with Crippen molar-refractivity contribution in [1.29, 1.82) is 0 Å². The summed E-state index contributed by atoms with van der Waals surface area (Å²) in [5.74, 6) is 0. The Kier molecular flexibility index (Phi) is 4.16. The van der Waals surface area contributed by atoms with E-state index in [4.69, 9.17) is 5.73 Å². The number of aliphatic hydroxyl groups excluding tert-OH is 1. The van der Waals surface area contributed by atoms with E-state index in [-0.39, 0.29) is 6.10 Å². The van der Waals surface area contributed by atoms with Crippen molar-refractivity contribution in [1.82, 2.24) is 4.90 Å². The predicted octanol–water partition coefficient (Wildman–Crippen LogP) is 0.569. The van der Waals surface area contributed by atoms with Gasteiger partial charge in [0.2, 0.25) is 0 Å². The quantitative estimate of drug-likeness (QED) is 0.677. The Balaban J connectivity index is 2.51. The summed E-state index contributed by atoms with van der Waals surface area (Å²) in [6.45, 7) is 5.55. The van der Waals surface area contributed by atoms with Gasteiger partial charge in [0.15, 0.2) is 0 Å². The van der Waals surface area contributed by atoms with Crippen LogP contribution < -0.4 is 5.73 Å². The van der Waals surface area contributed by atoms with Crippen LogP contribution in [0.25, 0.3) is 0 Å². The van der Waals surface area contributed by atoms with Crippen molar-refractivity contribution in [2.75, 3.05) is 13.1 Å². The highest BCUT2D eigenvalue weighted by molar-refractivity contribution is 4.83. The Morgan fingerprint density at radius 2 is 2.23 bits per heavy atom. The first-order valence-corrected chi connectivity index (χ1v) is 5.29. The zero-order valence-corrected chi connectivity index (χ0v) is 8.74. The fourth-order valence-corrected chi connectivity index (χ4v) is 2.23. The minimum Gasteiger partial charge on any atom is -0.392 e. The normalized spacial score (nSPS) is 33.2. The zero-order chi connectivity index (χ0) is 9.84. The van der Waals surface area contributed by atoms with E-state index in [1.165, 1.54) is 19.3 Å². The second-order valence-electron chi connectivity index (χ2n) is 4.22. The summed E-state index contributed by atoms with van der Waals surface area (Å²) in [4.78, 5) is 2.36. The molecule has 0 aromatic rings. The molecule has 0 aromatic heterocycles. The smallest absolute Gasteiger partial charge is 0.0639 e. The van der Waals surface area contributed by atoms with E-state index < -0.39 is 0 Å². The van der Waals surface area contributed by atoms with Crippen molar-refractivity contribution in [3.8, 4) is 0 Å². The van der Waals surface area contributed by atoms with E-state index in [1.54, 1.807) is 0 Å². The molecule has 3 atom stereocenters. The highest BCUT2D eigenvalue weighted by atomic mass is 16.3. The average Bonchev–Trinajstić information content (AvgIpc) is 2.08. The molecule has 3 N–H and O–H groups in total. The lowest BCUT2D eigenvalue weighted by Crippen LogP contribution is -2.51. The van der Waals surface area contributed by atoms with Gasteiger partial charge in [-0.15, -0.1) is 0 Å². The van der Waals surface area contributed by atoms with Crippen molar-refractivity contribution in [2.24, 2.45) is 5.73 Å². The lowest BCUT2D eigenvalue weighted by Gasteiger charge is -2.40. The summed E-state index contributed by atoms with van der Waals surface area (Å²) >= 11 is 0. The molecule has 3 nitrogen and oxygen atoms in total. The van der Waals surface area contributed by atoms with Crippen molar-refractivity contribution >= 4 is 0 Å². The third-order valence-corrected chi connectivity index (χ3v) is 2.94. The molecule has 1 fully saturated rings. The van der Waals surface area contributed by atoms with E-state index in [2.05, 4.69) is 11.8 Å². The molecule has 1 aliphatic rings. The third kappa shape index (κ3) is 2.93. The maximum Gasteiger partial charge on any atom is 0.0639 e. The largest absolute Gasteiger partial charge is 0.392 e. The lowest BCUT2D eigenvalue weighted by molar-refractivity contribution is 0.0452. The molecule has 0 aromatic carbocycles. The summed E-state index contributed by atoms with van der Waals surface area (Å²) in [5, 5.41) is 9.35. The van der Waals surface area contributed by atoms with Crippen molar-refractivity contribution in [3.63, 3.8) is 0 Å². The summed E-state index contributed by atoms with van der Waals surface area (Å²) in [6.07, 6.45) is 3.46. The number of β-amino-alcohol motifs (C(OH)–C–C–N with tert-alkyl or cyclic N) is 1. The van der Waals surface area contributed by atoms with Crippen LogP contribution in [-0.4, -0.2) is 41.3 Å². The van der Waals surface area contributed by atoms with Crippen LogP contribution in [0.4, 0.5) is 0 Å². The highest BCUT2D eigenvalue weighted by Crippen LogP contribution is 2.22. The van der Waals surface area contributed by atoms with E-state index in [9.17, 15) is 5.11 Å². The lowest BCUT2D eigenvalue weighted by atomic mass is 9.96. The minimum absolute atomic E-state index is 0.241. The Labute approximate surface area is 80.9 Å². The first-order valence-electron chi connectivity index (χ1n) is 5.29. The van der Waals surface area contributed by atoms with Gasteiger partial charge in [-0.2, -0.15) is 0 Å². The molecule has 0 amide bonds. The first-order chi connectivity index (χ1) is 6.15. The molecule has 13 heavy (non-hydrogen) atoms. The summed E-state index contributed by atoms with van der Waals surface area (Å²) < 4.78 is 0. The molecule has 0 saturated carbocycles. The topological polar surface area (TPSA) is 49.5 Å². The average molecular weight is 186 g/mol. The van der Waals surface area contributed by atoms with Crippen LogP contribution in [-0.2, 0) is 0 Å². The molecule has 1 aliphatic heterocycles. The van der Waals surface area contributed by atoms with Crippen LogP contribution in [0.5, 0.6) is 0 Å². The van der Waals surface area contributed by atoms with Crippen LogP contribution in [0.15, 0.2) is 0 Å². The number of hydrogen-bond acceptors (Lipinski definition) is 3. The van der Waals surface area contributed by atoms with Gasteiger partial charge in [-0.05, 0) is 26.7 Å². The SMILES string of the molecule is CC1CCCC(CN)N1C[C@H](C)O. The van der Waals surface area contributed by atoms with Gasteiger partial charge in [0.1, 0.15) is 0 Å². The molecule has 0 aliphatic carbocycles. The molecule has 1 heterocycles. The van der Waals surface area contributed by atoms with Gasteiger partial charge >= 0.3 is 0 Å². The molecule has 0 spiro atoms. The van der Waals surface area contributed by atoms with Crippen molar-refractivity contribution in [2.45, 2.75) is 51.3 Å². The molecule has 0 radical (unpaired) electrons. The van der Waals surface area contributed by atoms with Crippen LogP contribution in [0.3, 0.4) is 0 Å². The molecule has 1 saturated heterocycles. The number of nitrogens with two attached hydrogens (primary N) is 1. The Bertz CT molecular complexity index is 150. The van der Waals surface area contributed by atoms with E-state index in [0.29, 0.717) is 12.1 Å². The van der Waals surface area contributed by atoms with Crippen LogP contribution in [0.2, 0.25) is 0 Å². The standard InChI is InChI=1S/C10H22N2O/c1-8-4-3-5-10(6-11)12(8)7-9(2)13/h8-10,13H,3-7,11H2,1-2H3/t8?,9-,10?/m0/s1. The predicted molar refractivity (Wildman–Crippen MR) is 54.5 cm³/mol. The molecule has 0 bridgehead atoms. The van der Waals surface area contributed by atoms with E-state index in [1.807, 2.05) is 6.92 Å². The fraction of sp³-hybridized carbons (Fsp3) is 1.00. The number of likely N-dealkylation sites (tertiary alicyclic amines) is 1. The Morgan fingerprint density at radius 3 is 2.77 bits per heavy atom. The first kappa shape index (κ1) is 11.0. The zero-order valence-electron chi connectivity index (χ0n) is 8.74. The van der Waals surface area contributed by atoms with Crippen molar-refractivity contribution < 1.29 is 5.11 Å². The van der Waals surface area contributed by atoms with E-state index >= 15 is 0 Å². The maximum absolute atomic E-state index is 9.35. The number of aliphatic hydroxyl groups is 1. The molecule has 2 unspecified atom stereocenters. The van der Waals surface area contributed by atoms with Gasteiger partial charge in [0.25, 0.3) is 0 Å². The van der Waals surface area contributed by atoms with Crippen molar-refractivity contribution in [3.05, 3.63) is 0 Å². The second-order valence-corrected chi connectivity index (χ2v) is 4.22. The molecular formula is C10H22N2O. The van der Waals surface area contributed by atoms with Gasteiger partial charge in [0, 0.05) is 25.2 Å². The van der Waals surface area contributed by atoms with Gasteiger partial charge < -0.3 is 10.8 Å². The molecular weight excluding hydrogens is 164 g/mol. The second kappa shape index (κ2) is 4.94. The number of hydrogen-bond donors (Lipinski definition) is 2. The maximum atomic E-state index is 9.35. The van der Waals surface area contributed by atoms with Crippen LogP contribution in [0.1, 0.15) is 33.1 Å².